The van der Waals surface area contributed by atoms with E-state index in [-0.39, 0.29) is 26.9 Å². The summed E-state index contributed by atoms with van der Waals surface area (Å²) in [6.45, 7) is -0.804. The molecule has 0 heterocycles. The van der Waals surface area contributed by atoms with Crippen LogP contribution < -0.4 is 15.2 Å². The first-order valence-electron chi connectivity index (χ1n) is 7.64. The molecule has 2 aromatic carbocycles. The van der Waals surface area contributed by atoms with E-state index in [1.807, 2.05) is 0 Å². The third-order valence-electron chi connectivity index (χ3n) is 3.48. The molecular weight excluding hydrogens is 430 g/mol. The summed E-state index contributed by atoms with van der Waals surface area (Å²) in [4.78, 5) is 34.2. The first-order valence-corrected chi connectivity index (χ1v) is 9.57. The van der Waals surface area contributed by atoms with E-state index < -0.39 is 39.1 Å². The van der Waals surface area contributed by atoms with E-state index in [9.17, 15) is 28.1 Å². The van der Waals surface area contributed by atoms with Crippen LogP contribution in [0.1, 0.15) is 10.4 Å². The van der Waals surface area contributed by atoms with Gasteiger partial charge in [0.25, 0.3) is 11.6 Å². The Labute approximate surface area is 169 Å². The quantitative estimate of drug-likeness (QED) is 0.370. The number of carbonyl (C=O) groups is 2. The van der Waals surface area contributed by atoms with Gasteiger partial charge >= 0.3 is 5.97 Å². The summed E-state index contributed by atoms with van der Waals surface area (Å²) in [7, 11) is -2.84. The Kier molecular flexibility index (Phi) is 6.74. The fourth-order valence-corrected chi connectivity index (χ4v) is 2.89. The van der Waals surface area contributed by atoms with Gasteiger partial charge in [0.05, 0.1) is 16.9 Å². The minimum absolute atomic E-state index is 0.00357. The van der Waals surface area contributed by atoms with Crippen molar-refractivity contribution in [1.29, 1.82) is 0 Å². The Balaban J connectivity index is 2.14. The number of halogens is 1. The molecule has 2 rings (SSSR count). The highest BCUT2D eigenvalue weighted by Gasteiger charge is 2.21. The number of rotatable bonds is 7. The second-order valence-electron chi connectivity index (χ2n) is 5.45. The molecule has 154 valence electrons. The number of methoxy groups -OCH3 is 1. The van der Waals surface area contributed by atoms with Crippen LogP contribution in [-0.2, 0) is 19.6 Å². The Morgan fingerprint density at radius 1 is 1.24 bits per heavy atom. The molecule has 0 aromatic heterocycles. The molecule has 0 aliphatic carbocycles. The zero-order chi connectivity index (χ0) is 21.8. The summed E-state index contributed by atoms with van der Waals surface area (Å²) in [5.74, 6) is -1.94. The Hall–Kier alpha value is -3.22. The number of benzene rings is 2. The highest BCUT2D eigenvalue weighted by Crippen LogP contribution is 2.28. The van der Waals surface area contributed by atoms with Crippen LogP contribution in [-0.4, -0.2) is 38.9 Å². The van der Waals surface area contributed by atoms with Crippen LogP contribution in [0.4, 0.5) is 11.4 Å². The van der Waals surface area contributed by atoms with Gasteiger partial charge in [0.2, 0.25) is 10.0 Å². The van der Waals surface area contributed by atoms with Gasteiger partial charge < -0.3 is 14.8 Å². The van der Waals surface area contributed by atoms with Crippen molar-refractivity contribution >= 4 is 44.9 Å². The van der Waals surface area contributed by atoms with Gasteiger partial charge in [-0.15, -0.1) is 0 Å². The minimum atomic E-state index is -4.09. The molecule has 0 spiro atoms. The monoisotopic (exact) mass is 443 g/mol. The van der Waals surface area contributed by atoms with Crippen molar-refractivity contribution in [2.75, 3.05) is 19.0 Å². The number of hydrogen-bond acceptors (Lipinski definition) is 8. The Morgan fingerprint density at radius 2 is 1.93 bits per heavy atom. The number of ether oxygens (including phenoxy) is 2. The second kappa shape index (κ2) is 8.86. The van der Waals surface area contributed by atoms with Crippen LogP contribution in [0.2, 0.25) is 5.02 Å². The third kappa shape index (κ3) is 5.63. The summed E-state index contributed by atoms with van der Waals surface area (Å²) < 4.78 is 32.7. The highest BCUT2D eigenvalue weighted by atomic mass is 35.5. The van der Waals surface area contributed by atoms with Gasteiger partial charge in [-0.2, -0.15) is 0 Å². The molecule has 11 nitrogen and oxygen atoms in total. The number of amides is 1. The van der Waals surface area contributed by atoms with Crippen LogP contribution in [0.5, 0.6) is 5.75 Å². The van der Waals surface area contributed by atoms with E-state index in [1.165, 1.54) is 25.3 Å². The lowest BCUT2D eigenvalue weighted by molar-refractivity contribution is -0.383. The summed E-state index contributed by atoms with van der Waals surface area (Å²) in [5, 5.41) is 18.4. The van der Waals surface area contributed by atoms with Crippen molar-refractivity contribution < 1.29 is 32.4 Å². The Morgan fingerprint density at radius 3 is 2.52 bits per heavy atom. The number of nitro benzene ring substituents is 1. The number of anilines is 1. The average Bonchev–Trinajstić information content (AvgIpc) is 2.66. The highest BCUT2D eigenvalue weighted by molar-refractivity contribution is 7.89. The van der Waals surface area contributed by atoms with Crippen molar-refractivity contribution in [2.24, 2.45) is 5.14 Å². The molecule has 0 bridgehead atoms. The summed E-state index contributed by atoms with van der Waals surface area (Å²) in [5.41, 5.74) is -0.863. The largest absolute Gasteiger partial charge is 0.496 e. The molecule has 0 saturated carbocycles. The number of sulfonamides is 1. The number of esters is 1. The molecule has 0 unspecified atom stereocenters. The van der Waals surface area contributed by atoms with Crippen molar-refractivity contribution in [3.63, 3.8) is 0 Å². The number of hydrogen-bond donors (Lipinski definition) is 2. The van der Waals surface area contributed by atoms with Gasteiger partial charge in [-0.05, 0) is 30.3 Å². The lowest BCUT2D eigenvalue weighted by Crippen LogP contribution is -2.22. The number of nitrogens with one attached hydrogen (secondary N) is 1. The lowest BCUT2D eigenvalue weighted by atomic mass is 10.2. The fourth-order valence-electron chi connectivity index (χ4n) is 2.18. The van der Waals surface area contributed by atoms with Crippen molar-refractivity contribution in [3.8, 4) is 5.75 Å². The Bertz CT molecular complexity index is 1090. The van der Waals surface area contributed by atoms with Crippen molar-refractivity contribution in [1.82, 2.24) is 0 Å². The van der Waals surface area contributed by atoms with Crippen LogP contribution in [0.15, 0.2) is 41.3 Å². The van der Waals surface area contributed by atoms with Crippen LogP contribution in [0.25, 0.3) is 0 Å². The lowest BCUT2D eigenvalue weighted by Gasteiger charge is -2.10. The maximum Gasteiger partial charge on any atom is 0.342 e. The number of nitrogens with zero attached hydrogens (tertiary/aromatic N) is 1. The van der Waals surface area contributed by atoms with Gasteiger partial charge in [-0.3, -0.25) is 14.9 Å². The van der Waals surface area contributed by atoms with E-state index in [0.29, 0.717) is 0 Å². The zero-order valence-corrected chi connectivity index (χ0v) is 16.3. The van der Waals surface area contributed by atoms with Crippen molar-refractivity contribution in [2.45, 2.75) is 4.90 Å². The van der Waals surface area contributed by atoms with Gasteiger partial charge in [0.1, 0.15) is 17.0 Å². The van der Waals surface area contributed by atoms with E-state index in [2.05, 4.69) is 5.32 Å². The molecular formula is C16H14ClN3O8S. The first kappa shape index (κ1) is 22.1. The molecule has 0 atom stereocenters. The second-order valence-corrected chi connectivity index (χ2v) is 7.45. The van der Waals surface area contributed by atoms with E-state index in [0.717, 1.165) is 18.2 Å². The molecule has 0 saturated heterocycles. The molecule has 0 aliphatic rings. The molecule has 29 heavy (non-hydrogen) atoms. The van der Waals surface area contributed by atoms with Crippen molar-refractivity contribution in [3.05, 3.63) is 57.1 Å². The molecule has 3 N–H and O–H groups in total. The molecule has 0 fully saturated rings. The molecule has 0 aliphatic heterocycles. The fraction of sp³-hybridized carbons (Fsp3) is 0.125. The summed E-state index contributed by atoms with van der Waals surface area (Å²) in [6, 6.07) is 6.88. The topological polar surface area (TPSA) is 168 Å². The number of nitro groups is 1. The third-order valence-corrected chi connectivity index (χ3v) is 4.63. The maximum atomic E-state index is 12.2. The molecule has 13 heteroatoms. The summed E-state index contributed by atoms with van der Waals surface area (Å²) in [6.07, 6.45) is 0. The first-order chi connectivity index (χ1) is 13.5. The minimum Gasteiger partial charge on any atom is -0.496 e. The van der Waals surface area contributed by atoms with Gasteiger partial charge in [-0.25, -0.2) is 18.4 Å². The van der Waals surface area contributed by atoms with Gasteiger partial charge in [-0.1, -0.05) is 11.6 Å². The zero-order valence-electron chi connectivity index (χ0n) is 14.7. The van der Waals surface area contributed by atoms with Crippen LogP contribution in [0, 0.1) is 10.1 Å². The van der Waals surface area contributed by atoms with E-state index >= 15 is 0 Å². The molecule has 1 amide bonds. The maximum absolute atomic E-state index is 12.2. The predicted molar refractivity (Wildman–Crippen MR) is 101 cm³/mol. The van der Waals surface area contributed by atoms with Gasteiger partial charge in [0, 0.05) is 11.1 Å². The smallest absolute Gasteiger partial charge is 0.342 e. The normalized spacial score (nSPS) is 10.9. The molecule has 0 radical (unpaired) electrons. The van der Waals surface area contributed by atoms with E-state index in [1.54, 1.807) is 0 Å². The number of nitrogens with two attached hydrogens (primary N) is 1. The number of carbonyl (C=O) groups excluding carboxylic acids is 2. The number of primary sulfonamides is 1. The van der Waals surface area contributed by atoms with Crippen LogP contribution in [0.3, 0.4) is 0 Å². The van der Waals surface area contributed by atoms with Crippen LogP contribution >= 0.6 is 11.6 Å². The standard InChI is InChI=1S/C16H14ClN3O8S/c1-27-14-5-3-10(29(18,25)26)7-11(14)16(22)28-8-15(21)19-12-4-2-9(17)6-13(12)20(23)24/h2-7H,8H2,1H3,(H,19,21)(H2,18,25,26). The predicted octanol–water partition coefficient (Wildman–Crippen LogP) is 1.70. The van der Waals surface area contributed by atoms with Gasteiger partial charge in [0.15, 0.2) is 6.61 Å². The SMILES string of the molecule is COc1ccc(S(N)(=O)=O)cc1C(=O)OCC(=O)Nc1ccc(Cl)cc1[N+](=O)[O-]. The average molecular weight is 444 g/mol. The van der Waals surface area contributed by atoms with E-state index in [4.69, 9.17) is 26.2 Å². The summed E-state index contributed by atoms with van der Waals surface area (Å²) >= 11 is 5.69. The molecule has 2 aromatic rings.